The molecule has 1 aromatic heterocycles. The van der Waals surface area contributed by atoms with E-state index in [1.54, 1.807) is 24.5 Å². The number of halogens is 2. The summed E-state index contributed by atoms with van der Waals surface area (Å²) >= 11 is 7.60. The van der Waals surface area contributed by atoms with Crippen LogP contribution in [0.4, 0.5) is 0 Å². The number of benzene rings is 1. The largest absolute Gasteiger partial charge is 0.496 e. The van der Waals surface area contributed by atoms with Gasteiger partial charge in [-0.25, -0.2) is 0 Å². The quantitative estimate of drug-likeness (QED) is 0.931. The lowest BCUT2D eigenvalue weighted by molar-refractivity contribution is 0.408. The van der Waals surface area contributed by atoms with Crippen molar-refractivity contribution in [3.63, 3.8) is 0 Å². The molecule has 2 aromatic rings. The molecule has 0 aliphatic carbocycles. The third kappa shape index (κ3) is 3.13. The van der Waals surface area contributed by atoms with Gasteiger partial charge in [0, 0.05) is 10.6 Å². The molecule has 92 valence electrons. The van der Waals surface area contributed by atoms with Gasteiger partial charge in [-0.2, -0.15) is 11.3 Å². The molecule has 0 aliphatic heterocycles. The second-order valence-corrected chi connectivity index (χ2v) is 4.64. The zero-order valence-corrected chi connectivity index (χ0v) is 11.6. The highest BCUT2D eigenvalue weighted by Gasteiger charge is 2.14. The van der Waals surface area contributed by atoms with Crippen molar-refractivity contribution < 1.29 is 4.74 Å². The first-order valence-corrected chi connectivity index (χ1v) is 6.15. The van der Waals surface area contributed by atoms with Gasteiger partial charge in [0.05, 0.1) is 13.2 Å². The van der Waals surface area contributed by atoms with Crippen LogP contribution in [0, 0.1) is 0 Å². The summed E-state index contributed by atoms with van der Waals surface area (Å²) in [6.45, 7) is 0. The Morgan fingerprint density at radius 3 is 2.71 bits per heavy atom. The molecule has 0 bridgehead atoms. The van der Waals surface area contributed by atoms with Crippen LogP contribution in [0.2, 0.25) is 5.02 Å². The minimum Gasteiger partial charge on any atom is -0.496 e. The Balaban J connectivity index is 0.00000144. The van der Waals surface area contributed by atoms with E-state index in [2.05, 4.69) is 0 Å². The Morgan fingerprint density at radius 1 is 1.35 bits per heavy atom. The molecule has 1 atom stereocenters. The normalized spacial score (nSPS) is 11.7. The van der Waals surface area contributed by atoms with Gasteiger partial charge >= 0.3 is 0 Å². The fourth-order valence-electron chi connectivity index (χ4n) is 1.58. The Morgan fingerprint density at radius 2 is 2.12 bits per heavy atom. The van der Waals surface area contributed by atoms with Crippen molar-refractivity contribution in [3.05, 3.63) is 51.2 Å². The topological polar surface area (TPSA) is 35.2 Å². The monoisotopic (exact) mass is 289 g/mol. The van der Waals surface area contributed by atoms with Crippen LogP contribution in [0.1, 0.15) is 17.2 Å². The third-order valence-corrected chi connectivity index (χ3v) is 3.37. The van der Waals surface area contributed by atoms with Crippen LogP contribution >= 0.6 is 35.3 Å². The highest BCUT2D eigenvalue weighted by atomic mass is 35.5. The van der Waals surface area contributed by atoms with Crippen molar-refractivity contribution in [2.45, 2.75) is 6.04 Å². The summed E-state index contributed by atoms with van der Waals surface area (Å²) in [5, 5.41) is 4.71. The van der Waals surface area contributed by atoms with Crippen LogP contribution in [0.3, 0.4) is 0 Å². The zero-order valence-electron chi connectivity index (χ0n) is 9.22. The van der Waals surface area contributed by atoms with Crippen LogP contribution in [-0.2, 0) is 0 Å². The van der Waals surface area contributed by atoms with Crippen molar-refractivity contribution in [3.8, 4) is 5.75 Å². The Labute approximate surface area is 116 Å². The Bertz CT molecular complexity index is 473. The number of methoxy groups -OCH3 is 1. The van der Waals surface area contributed by atoms with Crippen LogP contribution in [-0.4, -0.2) is 7.11 Å². The number of hydrogen-bond donors (Lipinski definition) is 1. The van der Waals surface area contributed by atoms with Gasteiger partial charge in [-0.15, -0.1) is 12.4 Å². The van der Waals surface area contributed by atoms with E-state index in [-0.39, 0.29) is 18.4 Å². The second-order valence-electron chi connectivity index (χ2n) is 3.42. The number of thiophene rings is 1. The molecule has 0 aliphatic rings. The molecule has 0 spiro atoms. The molecule has 0 fully saturated rings. The predicted octanol–water partition coefficient (Wildman–Crippen LogP) is 3.88. The van der Waals surface area contributed by atoms with E-state index in [1.165, 1.54) is 0 Å². The molecule has 2 rings (SSSR count). The van der Waals surface area contributed by atoms with E-state index in [0.717, 1.165) is 16.9 Å². The average molecular weight is 290 g/mol. The SMILES string of the molecule is COc1ccc(Cl)cc1[C@H](N)c1ccsc1.Cl. The maximum atomic E-state index is 6.17. The summed E-state index contributed by atoms with van der Waals surface area (Å²) in [7, 11) is 1.63. The van der Waals surface area contributed by atoms with Crippen molar-refractivity contribution >= 4 is 35.3 Å². The predicted molar refractivity (Wildman–Crippen MR) is 75.6 cm³/mol. The molecule has 0 unspecified atom stereocenters. The molecule has 0 saturated heterocycles. The molecular weight excluding hydrogens is 277 g/mol. The van der Waals surface area contributed by atoms with E-state index in [4.69, 9.17) is 22.1 Å². The first-order valence-electron chi connectivity index (χ1n) is 4.83. The minimum absolute atomic E-state index is 0. The summed E-state index contributed by atoms with van der Waals surface area (Å²) in [5.41, 5.74) is 8.16. The van der Waals surface area contributed by atoms with E-state index >= 15 is 0 Å². The van der Waals surface area contributed by atoms with Crippen molar-refractivity contribution in [1.82, 2.24) is 0 Å². The van der Waals surface area contributed by atoms with E-state index in [0.29, 0.717) is 5.02 Å². The molecule has 0 amide bonds. The lowest BCUT2D eigenvalue weighted by Gasteiger charge is -2.15. The van der Waals surface area contributed by atoms with Crippen molar-refractivity contribution in [2.75, 3.05) is 7.11 Å². The highest BCUT2D eigenvalue weighted by Crippen LogP contribution is 2.31. The number of hydrogen-bond acceptors (Lipinski definition) is 3. The molecule has 17 heavy (non-hydrogen) atoms. The van der Waals surface area contributed by atoms with Crippen molar-refractivity contribution in [1.29, 1.82) is 0 Å². The molecule has 0 radical (unpaired) electrons. The summed E-state index contributed by atoms with van der Waals surface area (Å²) in [6.07, 6.45) is 0. The van der Waals surface area contributed by atoms with Gasteiger partial charge in [-0.05, 0) is 40.6 Å². The highest BCUT2D eigenvalue weighted by molar-refractivity contribution is 7.08. The van der Waals surface area contributed by atoms with Crippen LogP contribution in [0.5, 0.6) is 5.75 Å². The summed E-state index contributed by atoms with van der Waals surface area (Å²) in [4.78, 5) is 0. The standard InChI is InChI=1S/C12H12ClNOS.ClH/c1-15-11-3-2-9(13)6-10(11)12(14)8-4-5-16-7-8;/h2-7,12H,14H2,1H3;1H/t12-;/m1./s1. The minimum atomic E-state index is -0.195. The van der Waals surface area contributed by atoms with E-state index in [9.17, 15) is 0 Å². The average Bonchev–Trinajstić information content (AvgIpc) is 2.81. The molecule has 2 nitrogen and oxygen atoms in total. The van der Waals surface area contributed by atoms with Gasteiger partial charge in [0.1, 0.15) is 5.75 Å². The summed E-state index contributed by atoms with van der Waals surface area (Å²) < 4.78 is 5.28. The molecule has 1 aromatic carbocycles. The molecule has 2 N–H and O–H groups in total. The molecule has 0 saturated carbocycles. The molecular formula is C12H13Cl2NOS. The first-order chi connectivity index (χ1) is 7.72. The van der Waals surface area contributed by atoms with E-state index in [1.807, 2.05) is 29.0 Å². The second kappa shape index (κ2) is 6.26. The van der Waals surface area contributed by atoms with E-state index < -0.39 is 0 Å². The number of rotatable bonds is 3. The lowest BCUT2D eigenvalue weighted by Crippen LogP contribution is -2.12. The number of ether oxygens (including phenoxy) is 1. The summed E-state index contributed by atoms with van der Waals surface area (Å²) in [5.74, 6) is 0.767. The van der Waals surface area contributed by atoms with Gasteiger partial charge in [-0.1, -0.05) is 11.6 Å². The Kier molecular flexibility index (Phi) is 5.28. The fraction of sp³-hybridized carbons (Fsp3) is 0.167. The van der Waals surface area contributed by atoms with Gasteiger partial charge in [0.2, 0.25) is 0 Å². The maximum absolute atomic E-state index is 6.17. The van der Waals surface area contributed by atoms with Crippen LogP contribution < -0.4 is 10.5 Å². The number of nitrogens with two attached hydrogens (primary N) is 1. The smallest absolute Gasteiger partial charge is 0.124 e. The third-order valence-electron chi connectivity index (χ3n) is 2.43. The van der Waals surface area contributed by atoms with Crippen LogP contribution in [0.15, 0.2) is 35.0 Å². The molecule has 5 heteroatoms. The maximum Gasteiger partial charge on any atom is 0.124 e. The van der Waals surface area contributed by atoms with Gasteiger partial charge in [0.25, 0.3) is 0 Å². The lowest BCUT2D eigenvalue weighted by atomic mass is 10.0. The van der Waals surface area contributed by atoms with Gasteiger partial charge in [0.15, 0.2) is 0 Å². The van der Waals surface area contributed by atoms with Crippen molar-refractivity contribution in [2.24, 2.45) is 5.73 Å². The first kappa shape index (κ1) is 14.3. The fourth-order valence-corrected chi connectivity index (χ4v) is 2.46. The molecule has 1 heterocycles. The zero-order chi connectivity index (χ0) is 11.5. The Hall–Kier alpha value is -0.740. The van der Waals surface area contributed by atoms with Gasteiger partial charge < -0.3 is 10.5 Å². The van der Waals surface area contributed by atoms with Gasteiger partial charge in [-0.3, -0.25) is 0 Å². The summed E-state index contributed by atoms with van der Waals surface area (Å²) in [6, 6.07) is 7.30. The van der Waals surface area contributed by atoms with Crippen LogP contribution in [0.25, 0.3) is 0 Å².